The van der Waals surface area contributed by atoms with E-state index >= 15 is 0 Å². The summed E-state index contributed by atoms with van der Waals surface area (Å²) in [7, 11) is 1.47. The third-order valence-electron chi connectivity index (χ3n) is 4.32. The molecule has 0 aromatic heterocycles. The van der Waals surface area contributed by atoms with Crippen LogP contribution in [0.3, 0.4) is 0 Å². The Morgan fingerprint density at radius 3 is 2.65 bits per heavy atom. The van der Waals surface area contributed by atoms with Crippen molar-refractivity contribution in [3.63, 3.8) is 0 Å². The second-order valence-electron chi connectivity index (χ2n) is 6.14. The molecule has 0 spiro atoms. The van der Waals surface area contributed by atoms with Crippen LogP contribution in [-0.2, 0) is 11.3 Å². The topological polar surface area (TPSA) is 84.7 Å². The van der Waals surface area contributed by atoms with Crippen LogP contribution in [0.5, 0.6) is 5.75 Å². The fraction of sp³-hybridized carbons (Fsp3) is 0.263. The fourth-order valence-corrected chi connectivity index (χ4v) is 3.06. The maximum absolute atomic E-state index is 12.5. The Bertz CT molecular complexity index is 837. The predicted octanol–water partition coefficient (Wildman–Crippen LogP) is 3.31. The number of nitrogens with one attached hydrogen (secondary N) is 1. The minimum Gasteiger partial charge on any atom is -0.496 e. The minimum absolute atomic E-state index is 0.190. The highest BCUT2D eigenvalue weighted by molar-refractivity contribution is 6.33. The van der Waals surface area contributed by atoms with E-state index in [2.05, 4.69) is 5.32 Å². The molecule has 1 heterocycles. The molecule has 2 aromatic carbocycles. The third kappa shape index (κ3) is 3.91. The average Bonchev–Trinajstić information content (AvgIpc) is 3.03. The molecule has 0 saturated carbocycles. The van der Waals surface area contributed by atoms with Gasteiger partial charge in [-0.3, -0.25) is 9.59 Å². The zero-order valence-electron chi connectivity index (χ0n) is 14.4. The van der Waals surface area contributed by atoms with E-state index in [1.807, 2.05) is 17.0 Å². The monoisotopic (exact) mass is 373 g/mol. The van der Waals surface area contributed by atoms with Gasteiger partial charge in [-0.25, -0.2) is 0 Å². The van der Waals surface area contributed by atoms with Crippen molar-refractivity contribution in [3.8, 4) is 5.75 Å². The summed E-state index contributed by atoms with van der Waals surface area (Å²) in [5.41, 5.74) is 8.05. The molecule has 6 nitrogen and oxygen atoms in total. The highest BCUT2D eigenvalue weighted by Crippen LogP contribution is 2.29. The number of hydrogen-bond acceptors (Lipinski definition) is 4. The molecule has 1 aliphatic heterocycles. The molecule has 26 heavy (non-hydrogen) atoms. The molecular weight excluding hydrogens is 354 g/mol. The van der Waals surface area contributed by atoms with E-state index in [1.54, 1.807) is 12.1 Å². The first-order valence-corrected chi connectivity index (χ1v) is 8.67. The first-order chi connectivity index (χ1) is 12.5. The van der Waals surface area contributed by atoms with Crippen LogP contribution < -0.4 is 15.8 Å². The Balaban J connectivity index is 1.70. The first-order valence-electron chi connectivity index (χ1n) is 8.29. The second-order valence-corrected chi connectivity index (χ2v) is 6.55. The number of carbonyl (C=O) groups excluding carboxylic acids is 2. The molecule has 3 N–H and O–H groups in total. The van der Waals surface area contributed by atoms with Crippen LogP contribution in [0.2, 0.25) is 5.02 Å². The largest absolute Gasteiger partial charge is 0.496 e. The highest BCUT2D eigenvalue weighted by atomic mass is 35.5. The Morgan fingerprint density at radius 1 is 1.31 bits per heavy atom. The van der Waals surface area contributed by atoms with Gasteiger partial charge in [0.05, 0.1) is 23.4 Å². The number of hydrogen-bond donors (Lipinski definition) is 2. The van der Waals surface area contributed by atoms with Crippen molar-refractivity contribution in [1.82, 2.24) is 4.90 Å². The van der Waals surface area contributed by atoms with E-state index in [-0.39, 0.29) is 11.8 Å². The SMILES string of the molecule is COc1cc(N)c(Cl)cc1C(=O)Nc1ccc(CN2CCCC2=O)cc1. The third-order valence-corrected chi connectivity index (χ3v) is 4.65. The van der Waals surface area contributed by atoms with E-state index in [4.69, 9.17) is 22.1 Å². The van der Waals surface area contributed by atoms with E-state index in [0.29, 0.717) is 40.7 Å². The Hall–Kier alpha value is -2.73. The number of nitrogens with zero attached hydrogens (tertiary/aromatic N) is 1. The van der Waals surface area contributed by atoms with Crippen LogP contribution in [0.25, 0.3) is 0 Å². The summed E-state index contributed by atoms with van der Waals surface area (Å²) in [4.78, 5) is 26.1. The Morgan fingerprint density at radius 2 is 2.04 bits per heavy atom. The van der Waals surface area contributed by atoms with Gasteiger partial charge in [-0.15, -0.1) is 0 Å². The van der Waals surface area contributed by atoms with Crippen LogP contribution in [0.1, 0.15) is 28.8 Å². The molecule has 2 amide bonds. The van der Waals surface area contributed by atoms with Crippen LogP contribution in [0.4, 0.5) is 11.4 Å². The Labute approximate surface area is 156 Å². The van der Waals surface area contributed by atoms with Gasteiger partial charge in [0.25, 0.3) is 5.91 Å². The number of rotatable bonds is 5. The van der Waals surface area contributed by atoms with Crippen LogP contribution in [0.15, 0.2) is 36.4 Å². The quantitative estimate of drug-likeness (QED) is 0.787. The van der Waals surface area contributed by atoms with Gasteiger partial charge in [0.2, 0.25) is 5.91 Å². The number of methoxy groups -OCH3 is 1. The standard InChI is InChI=1S/C19H20ClN3O3/c1-26-17-10-16(21)15(20)9-14(17)19(25)22-13-6-4-12(5-7-13)11-23-8-2-3-18(23)24/h4-7,9-10H,2-3,8,11,21H2,1H3,(H,22,25). The van der Waals surface area contributed by atoms with E-state index < -0.39 is 0 Å². The van der Waals surface area contributed by atoms with Crippen molar-refractivity contribution in [3.05, 3.63) is 52.5 Å². The lowest BCUT2D eigenvalue weighted by Gasteiger charge is -2.16. The zero-order valence-corrected chi connectivity index (χ0v) is 15.2. The normalized spacial score (nSPS) is 13.8. The fourth-order valence-electron chi connectivity index (χ4n) is 2.90. The molecule has 0 bridgehead atoms. The number of ether oxygens (including phenoxy) is 1. The zero-order chi connectivity index (χ0) is 18.7. The van der Waals surface area contributed by atoms with E-state index in [0.717, 1.165) is 18.5 Å². The molecule has 0 atom stereocenters. The molecule has 0 aliphatic carbocycles. The van der Waals surface area contributed by atoms with Gasteiger partial charge in [0, 0.05) is 31.3 Å². The van der Waals surface area contributed by atoms with Crippen molar-refractivity contribution < 1.29 is 14.3 Å². The summed E-state index contributed by atoms with van der Waals surface area (Å²) in [6.07, 6.45) is 1.54. The van der Waals surface area contributed by atoms with Gasteiger partial charge in [-0.1, -0.05) is 23.7 Å². The molecule has 1 saturated heterocycles. The van der Waals surface area contributed by atoms with Crippen molar-refractivity contribution >= 4 is 34.8 Å². The average molecular weight is 374 g/mol. The number of nitrogens with two attached hydrogens (primary N) is 1. The highest BCUT2D eigenvalue weighted by Gasteiger charge is 2.20. The van der Waals surface area contributed by atoms with Crippen LogP contribution in [0, 0.1) is 0 Å². The van der Waals surface area contributed by atoms with Crippen molar-refractivity contribution in [2.75, 3.05) is 24.7 Å². The number of amides is 2. The first kappa shape index (κ1) is 18.1. The Kier molecular flexibility index (Phi) is 5.32. The number of benzene rings is 2. The summed E-state index contributed by atoms with van der Waals surface area (Å²) in [6, 6.07) is 10.4. The number of halogens is 1. The van der Waals surface area contributed by atoms with Crippen molar-refractivity contribution in [1.29, 1.82) is 0 Å². The number of anilines is 2. The summed E-state index contributed by atoms with van der Waals surface area (Å²) in [6.45, 7) is 1.39. The van der Waals surface area contributed by atoms with Crippen molar-refractivity contribution in [2.24, 2.45) is 0 Å². The van der Waals surface area contributed by atoms with Gasteiger partial charge in [0.15, 0.2) is 0 Å². The molecule has 7 heteroatoms. The van der Waals surface area contributed by atoms with Gasteiger partial charge >= 0.3 is 0 Å². The maximum Gasteiger partial charge on any atom is 0.259 e. The number of likely N-dealkylation sites (tertiary alicyclic amines) is 1. The van der Waals surface area contributed by atoms with Crippen LogP contribution >= 0.6 is 11.6 Å². The summed E-state index contributed by atoms with van der Waals surface area (Å²) >= 11 is 6.01. The summed E-state index contributed by atoms with van der Waals surface area (Å²) < 4.78 is 5.21. The molecule has 3 rings (SSSR count). The van der Waals surface area contributed by atoms with E-state index in [1.165, 1.54) is 19.2 Å². The van der Waals surface area contributed by atoms with Gasteiger partial charge in [-0.05, 0) is 30.2 Å². The summed E-state index contributed by atoms with van der Waals surface area (Å²) in [5, 5.41) is 3.10. The molecule has 0 unspecified atom stereocenters. The lowest BCUT2D eigenvalue weighted by atomic mass is 10.1. The smallest absolute Gasteiger partial charge is 0.259 e. The number of nitrogen functional groups attached to an aromatic ring is 1. The predicted molar refractivity (Wildman–Crippen MR) is 101 cm³/mol. The van der Waals surface area contributed by atoms with Gasteiger partial charge in [-0.2, -0.15) is 0 Å². The minimum atomic E-state index is -0.341. The maximum atomic E-state index is 12.5. The second kappa shape index (κ2) is 7.66. The molecule has 1 aliphatic rings. The molecule has 136 valence electrons. The number of carbonyl (C=O) groups is 2. The van der Waals surface area contributed by atoms with Crippen LogP contribution in [-0.4, -0.2) is 30.4 Å². The summed E-state index contributed by atoms with van der Waals surface area (Å²) in [5.74, 6) is 0.203. The lowest BCUT2D eigenvalue weighted by molar-refractivity contribution is -0.128. The molecule has 0 radical (unpaired) electrons. The van der Waals surface area contributed by atoms with Gasteiger partial charge in [0.1, 0.15) is 5.75 Å². The van der Waals surface area contributed by atoms with Gasteiger partial charge < -0.3 is 20.7 Å². The molecule has 2 aromatic rings. The van der Waals surface area contributed by atoms with E-state index in [9.17, 15) is 9.59 Å². The van der Waals surface area contributed by atoms with Crippen molar-refractivity contribution in [2.45, 2.75) is 19.4 Å². The lowest BCUT2D eigenvalue weighted by Crippen LogP contribution is -2.23. The molecular formula is C19H20ClN3O3. The molecule has 1 fully saturated rings.